The van der Waals surface area contributed by atoms with Gasteiger partial charge in [0, 0.05) is 18.2 Å². The van der Waals surface area contributed by atoms with E-state index in [9.17, 15) is 17.6 Å². The smallest absolute Gasteiger partial charge is 0.396 e. The van der Waals surface area contributed by atoms with Gasteiger partial charge in [-0.05, 0) is 25.0 Å². The Morgan fingerprint density at radius 2 is 1.94 bits per heavy atom. The van der Waals surface area contributed by atoms with Gasteiger partial charge in [-0.25, -0.2) is 4.39 Å². The number of hydrogen-bond acceptors (Lipinski definition) is 2. The molecule has 0 aliphatic rings. The highest BCUT2D eigenvalue weighted by atomic mass is 19.4. The quantitative estimate of drug-likeness (QED) is 0.808. The molecule has 0 heterocycles. The molecule has 0 aliphatic heterocycles. The highest BCUT2D eigenvalue weighted by molar-refractivity contribution is 5.28. The van der Waals surface area contributed by atoms with Crippen molar-refractivity contribution in [2.45, 2.75) is 25.1 Å². The monoisotopic (exact) mass is 251 g/mol. The molecule has 0 bridgehead atoms. The molecule has 0 amide bonds. The van der Waals surface area contributed by atoms with Gasteiger partial charge in [0.2, 0.25) is 0 Å². The van der Waals surface area contributed by atoms with Crippen LogP contribution in [-0.2, 0) is 6.18 Å². The van der Waals surface area contributed by atoms with Crippen molar-refractivity contribution in [2.75, 3.05) is 6.61 Å². The first-order chi connectivity index (χ1) is 7.86. The zero-order valence-corrected chi connectivity index (χ0v) is 8.97. The van der Waals surface area contributed by atoms with Gasteiger partial charge in [-0.2, -0.15) is 13.2 Å². The average Bonchev–Trinajstić information content (AvgIpc) is 2.24. The SMILES string of the molecule is N[C@H](CCCO)c1ccc(C(F)(F)F)cc1F. The fourth-order valence-electron chi connectivity index (χ4n) is 1.47. The fourth-order valence-corrected chi connectivity index (χ4v) is 1.47. The molecule has 0 spiro atoms. The Morgan fingerprint density at radius 3 is 2.41 bits per heavy atom. The predicted molar refractivity (Wildman–Crippen MR) is 54.7 cm³/mol. The molecule has 0 radical (unpaired) electrons. The lowest BCUT2D eigenvalue weighted by Gasteiger charge is -2.14. The van der Waals surface area contributed by atoms with E-state index in [4.69, 9.17) is 10.8 Å². The first-order valence-corrected chi connectivity index (χ1v) is 5.09. The molecule has 0 saturated heterocycles. The maximum absolute atomic E-state index is 13.4. The molecule has 1 rings (SSSR count). The summed E-state index contributed by atoms with van der Waals surface area (Å²) in [4.78, 5) is 0. The minimum atomic E-state index is -4.56. The molecule has 17 heavy (non-hydrogen) atoms. The van der Waals surface area contributed by atoms with Crippen LogP contribution in [0.5, 0.6) is 0 Å². The Hall–Kier alpha value is -1.14. The van der Waals surface area contributed by atoms with Gasteiger partial charge in [-0.15, -0.1) is 0 Å². The van der Waals surface area contributed by atoms with Crippen LogP contribution in [0.25, 0.3) is 0 Å². The second kappa shape index (κ2) is 5.46. The summed E-state index contributed by atoms with van der Waals surface area (Å²) in [5.41, 5.74) is 4.61. The van der Waals surface area contributed by atoms with Crippen molar-refractivity contribution in [1.82, 2.24) is 0 Å². The van der Waals surface area contributed by atoms with Crippen LogP contribution in [0.3, 0.4) is 0 Å². The number of alkyl halides is 3. The third-order valence-corrected chi connectivity index (χ3v) is 2.40. The maximum atomic E-state index is 13.4. The number of aliphatic hydroxyl groups is 1. The van der Waals surface area contributed by atoms with Gasteiger partial charge in [-0.3, -0.25) is 0 Å². The summed E-state index contributed by atoms with van der Waals surface area (Å²) < 4.78 is 50.2. The van der Waals surface area contributed by atoms with Crippen molar-refractivity contribution >= 4 is 0 Å². The number of halogens is 4. The van der Waals surface area contributed by atoms with Gasteiger partial charge in [0.25, 0.3) is 0 Å². The van der Waals surface area contributed by atoms with Gasteiger partial charge in [-0.1, -0.05) is 6.07 Å². The Labute approximate surface area is 96.1 Å². The first-order valence-electron chi connectivity index (χ1n) is 5.09. The van der Waals surface area contributed by atoms with Crippen molar-refractivity contribution in [3.05, 3.63) is 35.1 Å². The average molecular weight is 251 g/mol. The van der Waals surface area contributed by atoms with E-state index in [-0.39, 0.29) is 12.2 Å². The van der Waals surface area contributed by atoms with Crippen molar-refractivity contribution in [2.24, 2.45) is 5.73 Å². The summed E-state index contributed by atoms with van der Waals surface area (Å²) in [5.74, 6) is -0.967. The van der Waals surface area contributed by atoms with E-state index in [0.717, 1.165) is 12.1 Å². The van der Waals surface area contributed by atoms with Crippen LogP contribution >= 0.6 is 0 Å². The Kier molecular flexibility index (Phi) is 4.47. The zero-order chi connectivity index (χ0) is 13.1. The van der Waals surface area contributed by atoms with Gasteiger partial charge < -0.3 is 10.8 Å². The van der Waals surface area contributed by atoms with E-state index in [1.54, 1.807) is 0 Å². The fraction of sp³-hybridized carbons (Fsp3) is 0.455. The van der Waals surface area contributed by atoms with Gasteiger partial charge >= 0.3 is 6.18 Å². The predicted octanol–water partition coefficient (Wildman–Crippen LogP) is 2.62. The molecule has 1 aromatic carbocycles. The summed E-state index contributed by atoms with van der Waals surface area (Å²) in [7, 11) is 0. The number of aliphatic hydroxyl groups excluding tert-OH is 1. The van der Waals surface area contributed by atoms with Gasteiger partial charge in [0.05, 0.1) is 5.56 Å². The summed E-state index contributed by atoms with van der Waals surface area (Å²) in [6.45, 7) is -0.0873. The summed E-state index contributed by atoms with van der Waals surface area (Å²) in [6, 6.07) is 1.58. The summed E-state index contributed by atoms with van der Waals surface area (Å²) in [6.07, 6.45) is -3.87. The van der Waals surface area contributed by atoms with Crippen LogP contribution in [-0.4, -0.2) is 11.7 Å². The second-order valence-corrected chi connectivity index (χ2v) is 3.71. The van der Waals surface area contributed by atoms with Gasteiger partial charge in [0.1, 0.15) is 5.82 Å². The third-order valence-electron chi connectivity index (χ3n) is 2.40. The van der Waals surface area contributed by atoms with Crippen LogP contribution in [0.4, 0.5) is 17.6 Å². The number of benzene rings is 1. The molecule has 1 aromatic rings. The standard InChI is InChI=1S/C11H13F4NO/c12-9-6-7(11(13,14)15)3-4-8(9)10(16)2-1-5-17/h3-4,6,10,17H,1-2,5,16H2/t10-/m1/s1. The lowest BCUT2D eigenvalue weighted by atomic mass is 10.0. The molecular weight excluding hydrogens is 238 g/mol. The van der Waals surface area contributed by atoms with E-state index in [2.05, 4.69) is 0 Å². The molecule has 0 fully saturated rings. The van der Waals surface area contributed by atoms with Crippen LogP contribution in [0.2, 0.25) is 0 Å². The molecule has 0 aromatic heterocycles. The first kappa shape index (κ1) is 13.9. The van der Waals surface area contributed by atoms with Gasteiger partial charge in [0.15, 0.2) is 0 Å². The lowest BCUT2D eigenvalue weighted by Crippen LogP contribution is -2.14. The third kappa shape index (κ3) is 3.67. The molecule has 96 valence electrons. The van der Waals surface area contributed by atoms with Crippen molar-refractivity contribution in [1.29, 1.82) is 0 Å². The Balaban J connectivity index is 2.90. The van der Waals surface area contributed by atoms with E-state index >= 15 is 0 Å². The molecule has 2 nitrogen and oxygen atoms in total. The lowest BCUT2D eigenvalue weighted by molar-refractivity contribution is -0.137. The summed E-state index contributed by atoms with van der Waals surface area (Å²) in [5, 5.41) is 8.58. The number of rotatable bonds is 4. The molecule has 1 atom stereocenters. The van der Waals surface area contributed by atoms with E-state index in [1.807, 2.05) is 0 Å². The normalized spacial score (nSPS) is 13.8. The van der Waals surface area contributed by atoms with Crippen LogP contribution in [0, 0.1) is 5.82 Å². The highest BCUT2D eigenvalue weighted by Gasteiger charge is 2.31. The van der Waals surface area contributed by atoms with Crippen molar-refractivity contribution in [3.63, 3.8) is 0 Å². The molecule has 0 aliphatic carbocycles. The zero-order valence-electron chi connectivity index (χ0n) is 8.97. The maximum Gasteiger partial charge on any atom is 0.416 e. The van der Waals surface area contributed by atoms with Crippen molar-refractivity contribution in [3.8, 4) is 0 Å². The van der Waals surface area contributed by atoms with Crippen LogP contribution < -0.4 is 5.73 Å². The minimum absolute atomic E-state index is 0.0338. The van der Waals surface area contributed by atoms with Crippen LogP contribution in [0.1, 0.15) is 30.0 Å². The van der Waals surface area contributed by atoms with Crippen molar-refractivity contribution < 1.29 is 22.7 Å². The number of nitrogens with two attached hydrogens (primary N) is 1. The molecule has 0 unspecified atom stereocenters. The molecule has 0 saturated carbocycles. The second-order valence-electron chi connectivity index (χ2n) is 3.71. The Bertz CT molecular complexity index is 378. The van der Waals surface area contributed by atoms with Crippen LogP contribution in [0.15, 0.2) is 18.2 Å². The van der Waals surface area contributed by atoms with E-state index in [0.29, 0.717) is 18.9 Å². The largest absolute Gasteiger partial charge is 0.416 e. The van der Waals surface area contributed by atoms with E-state index in [1.165, 1.54) is 0 Å². The molecule has 6 heteroatoms. The topological polar surface area (TPSA) is 46.2 Å². The highest BCUT2D eigenvalue weighted by Crippen LogP contribution is 2.31. The Morgan fingerprint density at radius 1 is 1.29 bits per heavy atom. The number of hydrogen-bond donors (Lipinski definition) is 2. The van der Waals surface area contributed by atoms with E-state index < -0.39 is 23.6 Å². The molecular formula is C11H13F4NO. The molecule has 3 N–H and O–H groups in total. The summed E-state index contributed by atoms with van der Waals surface area (Å²) >= 11 is 0. The minimum Gasteiger partial charge on any atom is -0.396 e.